The second kappa shape index (κ2) is 7.61. The van der Waals surface area contributed by atoms with Crippen LogP contribution in [0.5, 0.6) is 0 Å². The van der Waals surface area contributed by atoms with Gasteiger partial charge in [-0.25, -0.2) is 0 Å². The van der Waals surface area contributed by atoms with Crippen molar-refractivity contribution >= 4 is 35.7 Å². The van der Waals surface area contributed by atoms with Crippen LogP contribution in [0, 0.1) is 0 Å². The first-order valence-corrected chi connectivity index (χ1v) is 7.91. The molecule has 3 rings (SSSR count). The molecule has 2 aromatic carbocycles. The summed E-state index contributed by atoms with van der Waals surface area (Å²) in [5.74, 6) is -0.263. The van der Waals surface area contributed by atoms with E-state index in [1.807, 2.05) is 60.7 Å². The van der Waals surface area contributed by atoms with Crippen molar-refractivity contribution in [1.29, 1.82) is 0 Å². The second-order valence-corrected chi connectivity index (χ2v) is 5.64. The molecule has 0 spiro atoms. The molecule has 0 bridgehead atoms. The van der Waals surface area contributed by atoms with Gasteiger partial charge in [0.25, 0.3) is 5.91 Å². The smallest absolute Gasteiger partial charge is 0.255 e. The van der Waals surface area contributed by atoms with E-state index in [0.29, 0.717) is 0 Å². The highest BCUT2D eigenvalue weighted by atomic mass is 32.1. The van der Waals surface area contributed by atoms with Crippen LogP contribution in [0.4, 0.5) is 0 Å². The molecule has 0 radical (unpaired) electrons. The SMILES string of the molecule is O=C1NC(=S)NC(/N=C/c2ccccc2)C1N=Cc1ccccc1. The topological polar surface area (TPSA) is 65.8 Å². The van der Waals surface area contributed by atoms with Crippen molar-refractivity contribution in [3.8, 4) is 0 Å². The summed E-state index contributed by atoms with van der Waals surface area (Å²) in [6, 6.07) is 18.6. The quantitative estimate of drug-likeness (QED) is 0.662. The van der Waals surface area contributed by atoms with Crippen LogP contribution in [-0.2, 0) is 4.79 Å². The van der Waals surface area contributed by atoms with E-state index in [1.165, 1.54) is 0 Å². The molecule has 2 N–H and O–H groups in total. The van der Waals surface area contributed by atoms with Crippen molar-refractivity contribution in [3.05, 3.63) is 71.8 Å². The maximum absolute atomic E-state index is 12.2. The summed E-state index contributed by atoms with van der Waals surface area (Å²) in [5.41, 5.74) is 1.87. The minimum atomic E-state index is -0.683. The Balaban J connectivity index is 1.80. The number of benzene rings is 2. The Hall–Kier alpha value is -2.86. The van der Waals surface area contributed by atoms with Gasteiger partial charge in [-0.2, -0.15) is 0 Å². The first kappa shape index (κ1) is 16.0. The number of hydrogen-bond donors (Lipinski definition) is 2. The summed E-state index contributed by atoms with van der Waals surface area (Å²) in [7, 11) is 0. The van der Waals surface area contributed by atoms with Gasteiger partial charge in [0.15, 0.2) is 17.3 Å². The van der Waals surface area contributed by atoms with Gasteiger partial charge in [-0.05, 0) is 23.3 Å². The zero-order chi connectivity index (χ0) is 16.8. The summed E-state index contributed by atoms with van der Waals surface area (Å²) >= 11 is 5.05. The number of aliphatic imine (C=N–C) groups is 2. The van der Waals surface area contributed by atoms with Crippen molar-refractivity contribution < 1.29 is 4.79 Å². The third kappa shape index (κ3) is 4.11. The molecule has 1 aliphatic rings. The number of nitrogens with zero attached hydrogens (tertiary/aromatic N) is 2. The lowest BCUT2D eigenvalue weighted by molar-refractivity contribution is -0.122. The van der Waals surface area contributed by atoms with Crippen LogP contribution in [0.25, 0.3) is 0 Å². The molecule has 1 amide bonds. The number of rotatable bonds is 4. The Morgan fingerprint density at radius 1 is 0.875 bits per heavy atom. The number of carbonyl (C=O) groups is 1. The average molecular weight is 336 g/mol. The normalized spacial score (nSPS) is 21.0. The molecular weight excluding hydrogens is 320 g/mol. The fourth-order valence-electron chi connectivity index (χ4n) is 2.26. The van der Waals surface area contributed by atoms with Crippen molar-refractivity contribution in [3.63, 3.8) is 0 Å². The lowest BCUT2D eigenvalue weighted by Gasteiger charge is -2.27. The number of nitrogens with one attached hydrogen (secondary N) is 2. The standard InChI is InChI=1S/C18H16N4OS/c23-17-15(19-11-13-7-3-1-4-8-13)16(21-18(24)22-17)20-12-14-9-5-2-6-10-14/h1-12,15-16H,(H2,21,22,23,24)/b19-11?,20-12+. The van der Waals surface area contributed by atoms with E-state index in [0.717, 1.165) is 11.1 Å². The maximum Gasteiger partial charge on any atom is 0.255 e. The molecule has 0 aliphatic carbocycles. The largest absolute Gasteiger partial charge is 0.338 e. The highest BCUT2D eigenvalue weighted by Gasteiger charge is 2.32. The molecular formula is C18H16N4OS. The number of hydrogen-bond acceptors (Lipinski definition) is 4. The lowest BCUT2D eigenvalue weighted by atomic mass is 10.1. The number of carbonyl (C=O) groups excluding carboxylic acids is 1. The van der Waals surface area contributed by atoms with E-state index in [9.17, 15) is 4.79 Å². The summed E-state index contributed by atoms with van der Waals surface area (Å²) in [4.78, 5) is 21.1. The van der Waals surface area contributed by atoms with Gasteiger partial charge < -0.3 is 10.6 Å². The first-order chi connectivity index (χ1) is 11.7. The zero-order valence-electron chi connectivity index (χ0n) is 12.8. The van der Waals surface area contributed by atoms with E-state index >= 15 is 0 Å². The van der Waals surface area contributed by atoms with Crippen LogP contribution in [-0.4, -0.2) is 35.7 Å². The summed E-state index contributed by atoms with van der Waals surface area (Å²) in [5, 5.41) is 5.84. The van der Waals surface area contributed by atoms with Crippen LogP contribution in [0.2, 0.25) is 0 Å². The molecule has 24 heavy (non-hydrogen) atoms. The molecule has 2 atom stereocenters. The molecule has 2 aromatic rings. The van der Waals surface area contributed by atoms with Crippen LogP contribution in [0.15, 0.2) is 70.6 Å². The molecule has 0 saturated carbocycles. The second-order valence-electron chi connectivity index (χ2n) is 5.23. The Bertz CT molecular complexity index is 774. The van der Waals surface area contributed by atoms with E-state index in [1.54, 1.807) is 12.4 Å². The third-order valence-electron chi connectivity index (χ3n) is 3.45. The van der Waals surface area contributed by atoms with Gasteiger partial charge in [0.1, 0.15) is 0 Å². The van der Waals surface area contributed by atoms with Crippen LogP contribution < -0.4 is 10.6 Å². The summed E-state index contributed by atoms with van der Waals surface area (Å²) < 4.78 is 0. The molecule has 1 heterocycles. The fraction of sp³-hybridized carbons (Fsp3) is 0.111. The molecule has 0 aromatic heterocycles. The van der Waals surface area contributed by atoms with Crippen molar-refractivity contribution in [2.75, 3.05) is 0 Å². The van der Waals surface area contributed by atoms with Gasteiger partial charge in [-0.1, -0.05) is 60.7 Å². The Kier molecular flexibility index (Phi) is 5.08. The number of amides is 1. The Morgan fingerprint density at radius 3 is 2.00 bits per heavy atom. The fourth-order valence-corrected chi connectivity index (χ4v) is 2.48. The van der Waals surface area contributed by atoms with Gasteiger partial charge in [-0.3, -0.25) is 14.8 Å². The molecule has 5 nitrogen and oxygen atoms in total. The number of thiocarbonyl (C=S) groups is 1. The summed E-state index contributed by atoms with van der Waals surface area (Å²) in [6.45, 7) is 0. The third-order valence-corrected chi connectivity index (χ3v) is 3.67. The van der Waals surface area contributed by atoms with Crippen molar-refractivity contribution in [1.82, 2.24) is 10.6 Å². The Morgan fingerprint density at radius 2 is 1.42 bits per heavy atom. The van der Waals surface area contributed by atoms with E-state index in [-0.39, 0.29) is 11.0 Å². The first-order valence-electron chi connectivity index (χ1n) is 7.50. The van der Waals surface area contributed by atoms with Crippen molar-refractivity contribution in [2.24, 2.45) is 9.98 Å². The lowest BCUT2D eigenvalue weighted by Crippen LogP contribution is -2.59. The Labute approximate surface area is 145 Å². The maximum atomic E-state index is 12.2. The molecule has 1 fully saturated rings. The van der Waals surface area contributed by atoms with Crippen LogP contribution in [0.3, 0.4) is 0 Å². The van der Waals surface area contributed by atoms with Crippen LogP contribution >= 0.6 is 12.2 Å². The van der Waals surface area contributed by atoms with Gasteiger partial charge >= 0.3 is 0 Å². The summed E-state index contributed by atoms with van der Waals surface area (Å²) in [6.07, 6.45) is 2.85. The predicted molar refractivity (Wildman–Crippen MR) is 99.5 cm³/mol. The minimum absolute atomic E-state index is 0.263. The van der Waals surface area contributed by atoms with E-state index < -0.39 is 12.2 Å². The monoisotopic (exact) mass is 336 g/mol. The van der Waals surface area contributed by atoms with E-state index in [4.69, 9.17) is 12.2 Å². The average Bonchev–Trinajstić information content (AvgIpc) is 2.61. The van der Waals surface area contributed by atoms with Gasteiger partial charge in [0.05, 0.1) is 0 Å². The predicted octanol–water partition coefficient (Wildman–Crippen LogP) is 1.92. The van der Waals surface area contributed by atoms with Gasteiger partial charge in [0.2, 0.25) is 0 Å². The minimum Gasteiger partial charge on any atom is -0.338 e. The zero-order valence-corrected chi connectivity index (χ0v) is 13.6. The molecule has 1 aliphatic heterocycles. The molecule has 6 heteroatoms. The molecule has 2 unspecified atom stereocenters. The van der Waals surface area contributed by atoms with E-state index in [2.05, 4.69) is 20.6 Å². The highest BCUT2D eigenvalue weighted by molar-refractivity contribution is 7.80. The molecule has 1 saturated heterocycles. The highest BCUT2D eigenvalue weighted by Crippen LogP contribution is 2.08. The van der Waals surface area contributed by atoms with Gasteiger partial charge in [0, 0.05) is 12.4 Å². The molecule has 120 valence electrons. The van der Waals surface area contributed by atoms with Gasteiger partial charge in [-0.15, -0.1) is 0 Å². The van der Waals surface area contributed by atoms with Crippen LogP contribution in [0.1, 0.15) is 11.1 Å². The van der Waals surface area contributed by atoms with Crippen molar-refractivity contribution in [2.45, 2.75) is 12.2 Å².